The molecule has 3 heterocycles. The van der Waals surface area contributed by atoms with Gasteiger partial charge in [-0.25, -0.2) is 0 Å². The zero-order valence-corrected chi connectivity index (χ0v) is 20.2. The highest BCUT2D eigenvalue weighted by atomic mass is 32.1. The first-order valence-corrected chi connectivity index (χ1v) is 12.1. The molecule has 0 saturated carbocycles. The highest BCUT2D eigenvalue weighted by Gasteiger charge is 2.21. The van der Waals surface area contributed by atoms with Crippen molar-refractivity contribution < 1.29 is 23.4 Å². The number of rotatable bonds is 8. The Balaban J connectivity index is 1.56. The quantitative estimate of drug-likeness (QED) is 0.374. The number of morpholine rings is 1. The maximum absolute atomic E-state index is 6.39. The van der Waals surface area contributed by atoms with Crippen molar-refractivity contribution in [3.63, 3.8) is 0 Å². The molecule has 0 unspecified atom stereocenters. The third-order valence-electron chi connectivity index (χ3n) is 6.04. The second-order valence-corrected chi connectivity index (χ2v) is 8.99. The summed E-state index contributed by atoms with van der Waals surface area (Å²) in [6.45, 7) is 4.75. The molecule has 0 amide bonds. The Morgan fingerprint density at radius 3 is 2.50 bits per heavy atom. The van der Waals surface area contributed by atoms with Crippen molar-refractivity contribution >= 4 is 28.2 Å². The van der Waals surface area contributed by atoms with Crippen molar-refractivity contribution in [3.05, 3.63) is 47.8 Å². The van der Waals surface area contributed by atoms with Crippen LogP contribution in [0, 0.1) is 0 Å². The van der Waals surface area contributed by atoms with Crippen LogP contribution >= 0.6 is 11.3 Å². The smallest absolute Gasteiger partial charge is 0.200 e. The van der Waals surface area contributed by atoms with E-state index < -0.39 is 0 Å². The van der Waals surface area contributed by atoms with Gasteiger partial charge in [0.05, 0.1) is 38.4 Å². The molecule has 1 aliphatic rings. The van der Waals surface area contributed by atoms with Gasteiger partial charge in [0.15, 0.2) is 11.5 Å². The van der Waals surface area contributed by atoms with Crippen LogP contribution in [-0.2, 0) is 4.74 Å². The van der Waals surface area contributed by atoms with E-state index in [-0.39, 0.29) is 0 Å². The number of nitrogen functional groups attached to an aromatic ring is 1. The molecule has 0 aliphatic carbocycles. The molecule has 0 bridgehead atoms. The second kappa shape index (κ2) is 9.97. The minimum atomic E-state index is 0.389. The molecule has 7 nitrogen and oxygen atoms in total. The molecule has 2 N–H and O–H groups in total. The fraction of sp³-hybridized carbons (Fsp3) is 0.308. The fourth-order valence-corrected chi connectivity index (χ4v) is 5.06. The number of hydrogen-bond acceptors (Lipinski definition) is 8. The number of hydrogen-bond donors (Lipinski definition) is 1. The minimum absolute atomic E-state index is 0.389. The molecule has 0 atom stereocenters. The van der Waals surface area contributed by atoms with Gasteiger partial charge in [0.2, 0.25) is 5.88 Å². The number of nitrogens with two attached hydrogens (primary N) is 1. The first kappa shape index (κ1) is 22.6. The highest BCUT2D eigenvalue weighted by Crippen LogP contribution is 2.45. The van der Waals surface area contributed by atoms with Crippen LogP contribution in [0.15, 0.2) is 52.3 Å². The molecule has 8 heteroatoms. The topological polar surface area (TPSA) is 79.3 Å². The Morgan fingerprint density at radius 2 is 1.76 bits per heavy atom. The van der Waals surface area contributed by atoms with Crippen molar-refractivity contribution in [2.24, 2.45) is 0 Å². The van der Waals surface area contributed by atoms with Crippen molar-refractivity contribution in [1.82, 2.24) is 4.90 Å². The second-order valence-electron chi connectivity index (χ2n) is 8.04. The Bertz CT molecular complexity index is 1260. The van der Waals surface area contributed by atoms with Gasteiger partial charge in [-0.3, -0.25) is 4.90 Å². The number of nitrogens with zero attached hydrogens (tertiary/aromatic N) is 1. The minimum Gasteiger partial charge on any atom is -0.493 e. The highest BCUT2D eigenvalue weighted by molar-refractivity contribution is 7.13. The molecule has 2 aromatic heterocycles. The summed E-state index contributed by atoms with van der Waals surface area (Å²) in [6, 6.07) is 13.9. The lowest BCUT2D eigenvalue weighted by atomic mass is 10.0. The molecule has 2 aromatic carbocycles. The molecule has 1 aliphatic heterocycles. The Hall–Kier alpha value is -3.20. The van der Waals surface area contributed by atoms with E-state index in [9.17, 15) is 0 Å². The van der Waals surface area contributed by atoms with Gasteiger partial charge in [-0.2, -0.15) is 0 Å². The zero-order chi connectivity index (χ0) is 23.5. The van der Waals surface area contributed by atoms with E-state index >= 15 is 0 Å². The third-order valence-corrected chi connectivity index (χ3v) is 6.92. The SMILES string of the molecule is COc1ccc(-c2cc(OCCN3CCOCC3)c3c(-c4cccs4)c(N)oc3c2)cc1OC. The molecule has 1 fully saturated rings. The van der Waals surface area contributed by atoms with Gasteiger partial charge in [-0.05, 0) is 46.8 Å². The van der Waals surface area contributed by atoms with E-state index in [4.69, 9.17) is 29.1 Å². The Kier molecular flexibility index (Phi) is 6.62. The van der Waals surface area contributed by atoms with Gasteiger partial charge < -0.3 is 29.1 Å². The Morgan fingerprint density at radius 1 is 0.971 bits per heavy atom. The van der Waals surface area contributed by atoms with Crippen LogP contribution in [0.2, 0.25) is 0 Å². The van der Waals surface area contributed by atoms with Crippen molar-refractivity contribution in [2.75, 3.05) is 59.4 Å². The molecular weight excluding hydrogens is 452 g/mol. The average molecular weight is 481 g/mol. The summed E-state index contributed by atoms with van der Waals surface area (Å²) in [4.78, 5) is 3.40. The third kappa shape index (κ3) is 4.44. The first-order valence-electron chi connectivity index (χ1n) is 11.2. The molecule has 1 saturated heterocycles. The van der Waals surface area contributed by atoms with Crippen LogP contribution in [0.3, 0.4) is 0 Å². The number of ether oxygens (including phenoxy) is 4. The van der Waals surface area contributed by atoms with Gasteiger partial charge in [-0.15, -0.1) is 11.3 Å². The predicted octanol–water partition coefficient (Wildman–Crippen LogP) is 5.14. The van der Waals surface area contributed by atoms with Crippen molar-refractivity contribution in [1.29, 1.82) is 0 Å². The van der Waals surface area contributed by atoms with Crippen LogP contribution in [0.5, 0.6) is 17.2 Å². The molecule has 178 valence electrons. The van der Waals surface area contributed by atoms with Gasteiger partial charge in [-0.1, -0.05) is 12.1 Å². The van der Waals surface area contributed by atoms with Crippen LogP contribution in [0.25, 0.3) is 32.5 Å². The molecule has 4 aromatic rings. The predicted molar refractivity (Wildman–Crippen MR) is 135 cm³/mol. The van der Waals surface area contributed by atoms with Crippen LogP contribution in [0.1, 0.15) is 0 Å². The van der Waals surface area contributed by atoms with E-state index in [1.807, 2.05) is 41.8 Å². The van der Waals surface area contributed by atoms with Gasteiger partial charge in [0.25, 0.3) is 0 Å². The lowest BCUT2D eigenvalue weighted by molar-refractivity contribution is 0.0323. The largest absolute Gasteiger partial charge is 0.493 e. The van der Waals surface area contributed by atoms with Crippen LogP contribution < -0.4 is 19.9 Å². The number of fused-ring (bicyclic) bond motifs is 1. The lowest BCUT2D eigenvalue weighted by Gasteiger charge is -2.26. The standard InChI is InChI=1S/C26H28N2O5S/c1-29-19-6-5-17(14-20(19)30-2)18-15-21(32-12-9-28-7-10-31-11-8-28)24-22(16-18)33-26(27)25(24)23-4-3-13-34-23/h3-6,13-16H,7-12,27H2,1-2H3. The van der Waals surface area contributed by atoms with Crippen LogP contribution in [-0.4, -0.2) is 58.6 Å². The first-order chi connectivity index (χ1) is 16.7. The maximum Gasteiger partial charge on any atom is 0.200 e. The summed E-state index contributed by atoms with van der Waals surface area (Å²) in [5.41, 5.74) is 9.84. The number of furan rings is 1. The summed E-state index contributed by atoms with van der Waals surface area (Å²) < 4.78 is 28.8. The molecule has 34 heavy (non-hydrogen) atoms. The van der Waals surface area contributed by atoms with Gasteiger partial charge in [0, 0.05) is 24.5 Å². The molecule has 5 rings (SSSR count). The van der Waals surface area contributed by atoms with E-state index in [2.05, 4.69) is 11.0 Å². The number of anilines is 1. The number of benzene rings is 2. The summed E-state index contributed by atoms with van der Waals surface area (Å²) in [6.07, 6.45) is 0. The maximum atomic E-state index is 6.39. The van der Waals surface area contributed by atoms with E-state index in [0.717, 1.165) is 65.6 Å². The monoisotopic (exact) mass is 480 g/mol. The van der Waals surface area contributed by atoms with Gasteiger partial charge in [0.1, 0.15) is 17.9 Å². The Labute approximate surface area is 202 Å². The van der Waals surface area contributed by atoms with Gasteiger partial charge >= 0.3 is 0 Å². The molecular formula is C26H28N2O5S. The number of methoxy groups -OCH3 is 2. The molecule has 0 radical (unpaired) electrons. The number of thiophene rings is 1. The van der Waals surface area contributed by atoms with E-state index in [0.29, 0.717) is 29.6 Å². The van der Waals surface area contributed by atoms with Crippen molar-refractivity contribution in [3.8, 4) is 38.8 Å². The van der Waals surface area contributed by atoms with E-state index in [1.54, 1.807) is 25.6 Å². The fourth-order valence-electron chi connectivity index (χ4n) is 4.28. The zero-order valence-electron chi connectivity index (χ0n) is 19.3. The summed E-state index contributed by atoms with van der Waals surface area (Å²) in [7, 11) is 3.26. The summed E-state index contributed by atoms with van der Waals surface area (Å²) in [5, 5.41) is 2.93. The normalized spacial score (nSPS) is 14.4. The van der Waals surface area contributed by atoms with Crippen LogP contribution in [0.4, 0.5) is 5.88 Å². The summed E-state index contributed by atoms with van der Waals surface area (Å²) >= 11 is 1.63. The van der Waals surface area contributed by atoms with Crippen molar-refractivity contribution in [2.45, 2.75) is 0 Å². The summed E-state index contributed by atoms with van der Waals surface area (Å²) in [5.74, 6) is 2.48. The average Bonchev–Trinajstić information content (AvgIpc) is 3.51. The molecule has 0 spiro atoms. The lowest BCUT2D eigenvalue weighted by Crippen LogP contribution is -2.38. The van der Waals surface area contributed by atoms with E-state index in [1.165, 1.54) is 0 Å².